The molecule has 0 spiro atoms. The third kappa shape index (κ3) is 4.24. The fraction of sp³-hybridized carbons (Fsp3) is 0.500. The number of esters is 1. The highest BCUT2D eigenvalue weighted by Crippen LogP contribution is 2.22. The molecule has 0 atom stereocenters. The highest BCUT2D eigenvalue weighted by Gasteiger charge is 2.34. The number of nitrogens with one attached hydrogen (secondary N) is 1. The molecular weight excluding hydrogens is 322 g/mol. The number of benzene rings is 1. The van der Waals surface area contributed by atoms with Crippen molar-refractivity contribution in [1.29, 1.82) is 0 Å². The Balaban J connectivity index is 1.36. The predicted molar refractivity (Wildman–Crippen MR) is 91.3 cm³/mol. The Labute approximate surface area is 146 Å². The van der Waals surface area contributed by atoms with E-state index in [1.165, 1.54) is 4.90 Å². The first kappa shape index (κ1) is 17.6. The first-order chi connectivity index (χ1) is 12.2. The van der Waals surface area contributed by atoms with Gasteiger partial charge in [-0.05, 0) is 18.6 Å². The van der Waals surface area contributed by atoms with Gasteiger partial charge in [0.25, 0.3) is 11.8 Å². The Morgan fingerprint density at radius 3 is 2.32 bits per heavy atom. The van der Waals surface area contributed by atoms with Gasteiger partial charge in [-0.1, -0.05) is 12.1 Å². The molecule has 1 N–H and O–H groups in total. The van der Waals surface area contributed by atoms with E-state index in [9.17, 15) is 14.4 Å². The van der Waals surface area contributed by atoms with E-state index in [-0.39, 0.29) is 30.7 Å². The van der Waals surface area contributed by atoms with E-state index in [0.717, 1.165) is 32.7 Å². The Hall–Kier alpha value is -2.25. The van der Waals surface area contributed by atoms with Crippen molar-refractivity contribution in [2.24, 2.45) is 0 Å². The molecule has 3 rings (SSSR count). The minimum absolute atomic E-state index is 0.203. The Morgan fingerprint density at radius 1 is 1.04 bits per heavy atom. The molecule has 1 aromatic rings. The van der Waals surface area contributed by atoms with Crippen molar-refractivity contribution in [3.05, 3.63) is 35.4 Å². The largest absolute Gasteiger partial charge is 0.464 e. The van der Waals surface area contributed by atoms with E-state index < -0.39 is 0 Å². The van der Waals surface area contributed by atoms with Crippen molar-refractivity contribution >= 4 is 17.8 Å². The number of ether oxygens (including phenoxy) is 1. The standard InChI is InChI=1S/C18H23N3O4/c22-16(25-13-12-20-10-7-19-8-11-20)6-3-9-21-17(23)14-4-1-2-5-15(14)18(21)24/h1-2,4-5,19H,3,6-13H2. The van der Waals surface area contributed by atoms with Crippen LogP contribution in [0.15, 0.2) is 24.3 Å². The average Bonchev–Trinajstić information content (AvgIpc) is 2.88. The van der Waals surface area contributed by atoms with Crippen LogP contribution >= 0.6 is 0 Å². The van der Waals surface area contributed by atoms with Crippen LogP contribution in [-0.4, -0.2) is 73.5 Å². The SMILES string of the molecule is O=C(CCCN1C(=O)c2ccccc2C1=O)OCCN1CCNCC1. The Morgan fingerprint density at radius 2 is 1.68 bits per heavy atom. The summed E-state index contributed by atoms with van der Waals surface area (Å²) in [6, 6.07) is 6.78. The van der Waals surface area contributed by atoms with Crippen molar-refractivity contribution in [3.63, 3.8) is 0 Å². The zero-order valence-corrected chi connectivity index (χ0v) is 14.2. The van der Waals surface area contributed by atoms with Gasteiger partial charge in [0, 0.05) is 45.7 Å². The summed E-state index contributed by atoms with van der Waals surface area (Å²) in [4.78, 5) is 39.7. The first-order valence-electron chi connectivity index (χ1n) is 8.71. The number of piperazine rings is 1. The monoisotopic (exact) mass is 345 g/mol. The van der Waals surface area contributed by atoms with Gasteiger partial charge in [-0.3, -0.25) is 24.2 Å². The molecule has 2 heterocycles. The molecule has 7 nitrogen and oxygen atoms in total. The number of nitrogens with zero attached hydrogens (tertiary/aromatic N) is 2. The molecule has 134 valence electrons. The molecule has 1 aromatic carbocycles. The highest BCUT2D eigenvalue weighted by molar-refractivity contribution is 6.21. The summed E-state index contributed by atoms with van der Waals surface area (Å²) in [5.41, 5.74) is 0.872. The first-order valence-corrected chi connectivity index (χ1v) is 8.71. The number of carbonyl (C=O) groups is 3. The van der Waals surface area contributed by atoms with E-state index in [2.05, 4.69) is 10.2 Å². The van der Waals surface area contributed by atoms with E-state index in [1.807, 2.05) is 0 Å². The molecular formula is C18H23N3O4. The van der Waals surface area contributed by atoms with Crippen LogP contribution in [-0.2, 0) is 9.53 Å². The van der Waals surface area contributed by atoms with Gasteiger partial charge in [0.1, 0.15) is 6.61 Å². The topological polar surface area (TPSA) is 79.0 Å². The fourth-order valence-electron chi connectivity index (χ4n) is 3.12. The van der Waals surface area contributed by atoms with Crippen LogP contribution in [0.25, 0.3) is 0 Å². The van der Waals surface area contributed by atoms with Crippen LogP contribution in [0.2, 0.25) is 0 Å². The lowest BCUT2D eigenvalue weighted by Gasteiger charge is -2.26. The number of amides is 2. The van der Waals surface area contributed by atoms with Crippen molar-refractivity contribution in [2.45, 2.75) is 12.8 Å². The molecule has 2 amide bonds. The van der Waals surface area contributed by atoms with Gasteiger partial charge in [-0.2, -0.15) is 0 Å². The number of hydrogen-bond donors (Lipinski definition) is 1. The molecule has 2 aliphatic heterocycles. The van der Waals surface area contributed by atoms with Crippen molar-refractivity contribution in [1.82, 2.24) is 15.1 Å². The van der Waals surface area contributed by atoms with Gasteiger partial charge in [0.2, 0.25) is 0 Å². The van der Waals surface area contributed by atoms with Crippen LogP contribution in [0.1, 0.15) is 33.6 Å². The number of hydrogen-bond acceptors (Lipinski definition) is 6. The van der Waals surface area contributed by atoms with E-state index >= 15 is 0 Å². The normalized spacial score (nSPS) is 17.7. The van der Waals surface area contributed by atoms with Crippen molar-refractivity contribution in [2.75, 3.05) is 45.9 Å². The second-order valence-electron chi connectivity index (χ2n) is 6.22. The molecule has 0 saturated carbocycles. The summed E-state index contributed by atoms with van der Waals surface area (Å²) < 4.78 is 5.24. The summed E-state index contributed by atoms with van der Waals surface area (Å²) in [5.74, 6) is -0.855. The van der Waals surface area contributed by atoms with Crippen molar-refractivity contribution < 1.29 is 19.1 Å². The highest BCUT2D eigenvalue weighted by atomic mass is 16.5. The summed E-state index contributed by atoms with van der Waals surface area (Å²) in [6.45, 7) is 5.23. The lowest BCUT2D eigenvalue weighted by atomic mass is 10.1. The quantitative estimate of drug-likeness (QED) is 0.573. The molecule has 1 saturated heterocycles. The van der Waals surface area contributed by atoms with Gasteiger partial charge in [-0.15, -0.1) is 0 Å². The van der Waals surface area contributed by atoms with Crippen LogP contribution in [0, 0.1) is 0 Å². The maximum absolute atomic E-state index is 12.2. The summed E-state index contributed by atoms with van der Waals surface area (Å²) in [5, 5.41) is 3.27. The van der Waals surface area contributed by atoms with E-state index in [4.69, 9.17) is 4.74 Å². The third-order valence-electron chi connectivity index (χ3n) is 4.52. The summed E-state index contributed by atoms with van der Waals surface area (Å²) >= 11 is 0. The predicted octanol–water partition coefficient (Wildman–Crippen LogP) is 0.511. The summed E-state index contributed by atoms with van der Waals surface area (Å²) in [6.07, 6.45) is 0.618. The molecule has 0 radical (unpaired) electrons. The molecule has 0 unspecified atom stereocenters. The van der Waals surface area contributed by atoms with Gasteiger partial charge < -0.3 is 10.1 Å². The van der Waals surface area contributed by atoms with Gasteiger partial charge in [0.05, 0.1) is 11.1 Å². The molecule has 7 heteroatoms. The molecule has 2 aliphatic rings. The van der Waals surface area contributed by atoms with Crippen LogP contribution in [0.5, 0.6) is 0 Å². The van der Waals surface area contributed by atoms with Crippen LogP contribution < -0.4 is 5.32 Å². The smallest absolute Gasteiger partial charge is 0.305 e. The zero-order chi connectivity index (χ0) is 17.6. The minimum Gasteiger partial charge on any atom is -0.464 e. The fourth-order valence-corrected chi connectivity index (χ4v) is 3.12. The molecule has 25 heavy (non-hydrogen) atoms. The second-order valence-corrected chi connectivity index (χ2v) is 6.22. The maximum atomic E-state index is 12.2. The average molecular weight is 345 g/mol. The number of carbonyl (C=O) groups excluding carboxylic acids is 3. The maximum Gasteiger partial charge on any atom is 0.305 e. The van der Waals surface area contributed by atoms with Gasteiger partial charge in [0.15, 0.2) is 0 Å². The summed E-state index contributed by atoms with van der Waals surface area (Å²) in [7, 11) is 0. The van der Waals surface area contributed by atoms with E-state index in [0.29, 0.717) is 24.2 Å². The Kier molecular flexibility index (Phi) is 5.78. The number of fused-ring (bicyclic) bond motifs is 1. The Bertz CT molecular complexity index is 620. The number of imide groups is 1. The van der Waals surface area contributed by atoms with Crippen LogP contribution in [0.4, 0.5) is 0 Å². The lowest BCUT2D eigenvalue weighted by molar-refractivity contribution is -0.144. The molecule has 0 bridgehead atoms. The van der Waals surface area contributed by atoms with Gasteiger partial charge >= 0.3 is 5.97 Å². The molecule has 0 aliphatic carbocycles. The number of rotatable bonds is 7. The minimum atomic E-state index is -0.285. The lowest BCUT2D eigenvalue weighted by Crippen LogP contribution is -2.44. The molecule has 1 fully saturated rings. The van der Waals surface area contributed by atoms with E-state index in [1.54, 1.807) is 24.3 Å². The second kappa shape index (κ2) is 8.22. The van der Waals surface area contributed by atoms with Gasteiger partial charge in [-0.25, -0.2) is 0 Å². The molecule has 0 aromatic heterocycles. The van der Waals surface area contributed by atoms with Crippen LogP contribution in [0.3, 0.4) is 0 Å². The third-order valence-corrected chi connectivity index (χ3v) is 4.52. The zero-order valence-electron chi connectivity index (χ0n) is 14.2. The van der Waals surface area contributed by atoms with Crippen molar-refractivity contribution in [3.8, 4) is 0 Å².